The molecule has 1 saturated carbocycles. The summed E-state index contributed by atoms with van der Waals surface area (Å²) in [6.45, 7) is 1.87. The number of benzene rings is 1. The normalized spacial score (nSPS) is 22.5. The average molecular weight is 298 g/mol. The molecule has 1 aliphatic carbocycles. The van der Waals surface area contributed by atoms with Crippen LogP contribution in [-0.4, -0.2) is 28.9 Å². The molecule has 1 atom stereocenters. The van der Waals surface area contributed by atoms with Crippen molar-refractivity contribution in [2.45, 2.75) is 25.8 Å². The van der Waals surface area contributed by atoms with Gasteiger partial charge in [0.2, 0.25) is 5.13 Å². The Balaban J connectivity index is 1.64. The van der Waals surface area contributed by atoms with Crippen LogP contribution in [0.3, 0.4) is 0 Å². The Kier molecular flexibility index (Phi) is 2.85. The third kappa shape index (κ3) is 2.25. The zero-order chi connectivity index (χ0) is 14.4. The second-order valence-electron chi connectivity index (χ2n) is 5.36. The van der Waals surface area contributed by atoms with Crippen molar-refractivity contribution in [1.29, 1.82) is 0 Å². The molecule has 2 aliphatic rings. The lowest BCUT2D eigenvalue weighted by Gasteiger charge is -2.08. The highest BCUT2D eigenvalue weighted by Crippen LogP contribution is 2.32. The molecule has 6 heteroatoms. The van der Waals surface area contributed by atoms with E-state index in [1.807, 2.05) is 31.2 Å². The summed E-state index contributed by atoms with van der Waals surface area (Å²) in [6, 6.07) is 8.27. The summed E-state index contributed by atoms with van der Waals surface area (Å²) in [5, 5.41) is 6.42. The van der Waals surface area contributed by atoms with E-state index in [0.29, 0.717) is 11.2 Å². The molecule has 0 saturated heterocycles. The van der Waals surface area contributed by atoms with Crippen LogP contribution >= 0.6 is 11.3 Å². The van der Waals surface area contributed by atoms with Crippen molar-refractivity contribution in [3.8, 4) is 0 Å². The number of amides is 1. The number of aliphatic imine (C=N–C) groups is 1. The van der Waals surface area contributed by atoms with Crippen molar-refractivity contribution in [3.05, 3.63) is 24.3 Å². The van der Waals surface area contributed by atoms with Crippen molar-refractivity contribution in [2.24, 2.45) is 16.0 Å². The zero-order valence-electron chi connectivity index (χ0n) is 11.6. The summed E-state index contributed by atoms with van der Waals surface area (Å²) in [4.78, 5) is 21.4. The minimum Gasteiger partial charge on any atom is -0.293 e. The minimum absolute atomic E-state index is 0.0593. The highest BCUT2D eigenvalue weighted by atomic mass is 32.1. The van der Waals surface area contributed by atoms with Gasteiger partial charge in [0, 0.05) is 12.3 Å². The van der Waals surface area contributed by atoms with Gasteiger partial charge in [-0.25, -0.2) is 4.98 Å². The number of hydrogen-bond donors (Lipinski definition) is 0. The van der Waals surface area contributed by atoms with Gasteiger partial charge in [-0.05, 0) is 31.9 Å². The Morgan fingerprint density at radius 2 is 2.19 bits per heavy atom. The van der Waals surface area contributed by atoms with Gasteiger partial charge in [0.15, 0.2) is 0 Å². The summed E-state index contributed by atoms with van der Waals surface area (Å²) < 4.78 is 1.06. The summed E-state index contributed by atoms with van der Waals surface area (Å²) >= 11 is 1.48. The van der Waals surface area contributed by atoms with Crippen LogP contribution in [0.25, 0.3) is 10.2 Å². The van der Waals surface area contributed by atoms with Gasteiger partial charge in [0.25, 0.3) is 5.91 Å². The molecule has 106 valence electrons. The number of rotatable bonds is 3. The average Bonchev–Trinajstić information content (AvgIpc) is 3.13. The van der Waals surface area contributed by atoms with Gasteiger partial charge in [-0.1, -0.05) is 23.5 Å². The fourth-order valence-electron chi connectivity index (χ4n) is 2.27. The molecular weight excluding hydrogens is 284 g/mol. The number of fused-ring (bicyclic) bond motifs is 1. The second-order valence-corrected chi connectivity index (χ2v) is 6.37. The fourth-order valence-corrected chi connectivity index (χ4v) is 3.19. The number of aromatic nitrogens is 1. The first-order valence-electron chi connectivity index (χ1n) is 7.00. The van der Waals surface area contributed by atoms with Crippen LogP contribution in [-0.2, 0) is 4.79 Å². The van der Waals surface area contributed by atoms with Crippen LogP contribution in [0.5, 0.6) is 0 Å². The summed E-state index contributed by atoms with van der Waals surface area (Å²) in [5.41, 5.74) is 1.68. The largest absolute Gasteiger partial charge is 0.293 e. The van der Waals surface area contributed by atoms with E-state index < -0.39 is 0 Å². The second kappa shape index (κ2) is 4.73. The van der Waals surface area contributed by atoms with Crippen molar-refractivity contribution in [2.75, 3.05) is 5.01 Å². The topological polar surface area (TPSA) is 57.9 Å². The standard InChI is InChI=1S/C15H14N4OS/c1-9-11(8-16-10-6-7-10)14(20)19(18-9)15-17-12-4-2-3-5-13(12)21-15/h2-5,8,10-11H,6-7H2,1H3/t11-/m1/s1. The van der Waals surface area contributed by atoms with E-state index in [1.54, 1.807) is 6.21 Å². The molecule has 1 aromatic carbocycles. The SMILES string of the molecule is CC1=NN(c2nc3ccccc3s2)C(=O)[C@@H]1C=NC1CC1. The summed E-state index contributed by atoms with van der Waals surface area (Å²) in [6.07, 6.45) is 4.02. The van der Waals surface area contributed by atoms with Gasteiger partial charge in [-0.3, -0.25) is 9.79 Å². The van der Waals surface area contributed by atoms with Gasteiger partial charge in [-0.2, -0.15) is 10.1 Å². The Labute approximate surface area is 126 Å². The number of para-hydroxylation sites is 1. The molecule has 5 nitrogen and oxygen atoms in total. The molecule has 1 aliphatic heterocycles. The molecule has 1 aromatic heterocycles. The van der Waals surface area contributed by atoms with E-state index in [0.717, 1.165) is 28.8 Å². The number of nitrogens with zero attached hydrogens (tertiary/aromatic N) is 4. The lowest BCUT2D eigenvalue weighted by molar-refractivity contribution is -0.118. The van der Waals surface area contributed by atoms with Gasteiger partial charge in [0.1, 0.15) is 5.92 Å². The first kappa shape index (κ1) is 12.6. The molecule has 0 radical (unpaired) electrons. The maximum Gasteiger partial charge on any atom is 0.263 e. The van der Waals surface area contributed by atoms with E-state index in [4.69, 9.17) is 0 Å². The molecule has 2 heterocycles. The van der Waals surface area contributed by atoms with Gasteiger partial charge >= 0.3 is 0 Å². The highest BCUT2D eigenvalue weighted by Gasteiger charge is 2.35. The van der Waals surface area contributed by atoms with Gasteiger partial charge in [-0.15, -0.1) is 0 Å². The Morgan fingerprint density at radius 3 is 2.95 bits per heavy atom. The molecule has 0 spiro atoms. The van der Waals surface area contributed by atoms with Crippen molar-refractivity contribution < 1.29 is 4.79 Å². The number of carbonyl (C=O) groups excluding carboxylic acids is 1. The molecule has 2 aromatic rings. The quantitative estimate of drug-likeness (QED) is 0.818. The lowest BCUT2D eigenvalue weighted by Crippen LogP contribution is -2.27. The molecular formula is C15H14N4OS. The van der Waals surface area contributed by atoms with Crippen molar-refractivity contribution in [3.63, 3.8) is 0 Å². The molecule has 1 amide bonds. The number of anilines is 1. The van der Waals surface area contributed by atoms with E-state index in [1.165, 1.54) is 16.3 Å². The number of hydrazone groups is 1. The summed E-state index contributed by atoms with van der Waals surface area (Å²) in [5.74, 6) is -0.395. The monoisotopic (exact) mass is 298 g/mol. The van der Waals surface area contributed by atoms with Gasteiger partial charge in [0.05, 0.1) is 15.9 Å². The predicted octanol–water partition coefficient (Wildman–Crippen LogP) is 2.87. The van der Waals surface area contributed by atoms with E-state index >= 15 is 0 Å². The van der Waals surface area contributed by atoms with Crippen LogP contribution < -0.4 is 5.01 Å². The Bertz CT molecular complexity index is 742. The van der Waals surface area contributed by atoms with Crippen LogP contribution in [0, 0.1) is 5.92 Å². The molecule has 0 N–H and O–H groups in total. The third-order valence-corrected chi connectivity index (χ3v) is 4.65. The Morgan fingerprint density at radius 1 is 1.38 bits per heavy atom. The van der Waals surface area contributed by atoms with Crippen molar-refractivity contribution >= 4 is 44.5 Å². The maximum atomic E-state index is 12.5. The van der Waals surface area contributed by atoms with Crippen LogP contribution in [0.2, 0.25) is 0 Å². The first-order valence-corrected chi connectivity index (χ1v) is 7.82. The Hall–Kier alpha value is -2.08. The van der Waals surface area contributed by atoms with Gasteiger partial charge < -0.3 is 0 Å². The van der Waals surface area contributed by atoms with E-state index in [2.05, 4.69) is 15.1 Å². The van der Waals surface area contributed by atoms with Crippen molar-refractivity contribution in [1.82, 2.24) is 4.98 Å². The number of thiazole rings is 1. The third-order valence-electron chi connectivity index (χ3n) is 3.64. The van der Waals surface area contributed by atoms with Crippen LogP contribution in [0.1, 0.15) is 19.8 Å². The zero-order valence-corrected chi connectivity index (χ0v) is 12.4. The molecule has 0 bridgehead atoms. The predicted molar refractivity (Wildman–Crippen MR) is 85.2 cm³/mol. The number of carbonyl (C=O) groups is 1. The van der Waals surface area contributed by atoms with E-state index in [-0.39, 0.29) is 11.8 Å². The lowest BCUT2D eigenvalue weighted by atomic mass is 10.1. The molecule has 4 rings (SSSR count). The molecule has 1 fully saturated rings. The van der Waals surface area contributed by atoms with E-state index in [9.17, 15) is 4.79 Å². The summed E-state index contributed by atoms with van der Waals surface area (Å²) in [7, 11) is 0. The fraction of sp³-hybridized carbons (Fsp3) is 0.333. The number of hydrogen-bond acceptors (Lipinski definition) is 5. The highest BCUT2D eigenvalue weighted by molar-refractivity contribution is 7.22. The smallest absolute Gasteiger partial charge is 0.263 e. The molecule has 0 unspecified atom stereocenters. The minimum atomic E-state index is -0.336. The first-order chi connectivity index (χ1) is 10.2. The van der Waals surface area contributed by atoms with Crippen LogP contribution in [0.4, 0.5) is 5.13 Å². The maximum absolute atomic E-state index is 12.5. The molecule has 21 heavy (non-hydrogen) atoms. The van der Waals surface area contributed by atoms with Crippen LogP contribution in [0.15, 0.2) is 34.4 Å².